The lowest BCUT2D eigenvalue weighted by molar-refractivity contribution is 0.746. The van der Waals surface area contributed by atoms with Crippen LogP contribution in [0.5, 0.6) is 0 Å². The number of nitrogens with one attached hydrogen (secondary N) is 1. The average Bonchev–Trinajstić information content (AvgIpc) is 2.19. The number of nitrogens with zero attached hydrogens (tertiary/aromatic N) is 3. The number of halogens is 1. The third kappa shape index (κ3) is 2.80. The molecule has 0 saturated carbocycles. The van der Waals surface area contributed by atoms with E-state index < -0.39 is 0 Å². The van der Waals surface area contributed by atoms with Crippen LogP contribution in [-0.4, -0.2) is 27.1 Å². The molecule has 1 heterocycles. The van der Waals surface area contributed by atoms with Crippen LogP contribution in [0.25, 0.3) is 0 Å². The van der Waals surface area contributed by atoms with Gasteiger partial charge in [-0.05, 0) is 20.3 Å². The minimum absolute atomic E-state index is 0.209. The Hall–Kier alpha value is -0.900. The highest BCUT2D eigenvalue weighted by Gasteiger charge is 2.07. The fraction of sp³-hybridized carbons (Fsp3) is 0.667. The van der Waals surface area contributed by atoms with E-state index in [0.717, 1.165) is 17.8 Å². The van der Waals surface area contributed by atoms with Gasteiger partial charge in [-0.3, -0.25) is 0 Å². The second-order valence-electron chi connectivity index (χ2n) is 3.21. The Labute approximate surface area is 89.1 Å². The molecular weight excluding hydrogens is 200 g/mol. The first-order valence-corrected chi connectivity index (χ1v) is 5.21. The van der Waals surface area contributed by atoms with Crippen molar-refractivity contribution in [1.29, 1.82) is 0 Å². The molecule has 1 aromatic rings. The summed E-state index contributed by atoms with van der Waals surface area (Å²) in [6.07, 6.45) is 0.944. The Balaban J connectivity index is 2.72. The number of aryl methyl sites for hydroxylation is 2. The first-order valence-electron chi connectivity index (χ1n) is 4.67. The molecule has 78 valence electrons. The third-order valence-corrected chi connectivity index (χ3v) is 2.48. The van der Waals surface area contributed by atoms with Crippen LogP contribution in [0.15, 0.2) is 0 Å². The molecule has 0 spiro atoms. The van der Waals surface area contributed by atoms with Crippen molar-refractivity contribution in [3.63, 3.8) is 0 Å². The lowest BCUT2D eigenvalue weighted by Gasteiger charge is -2.13. The summed E-state index contributed by atoms with van der Waals surface area (Å²) in [5, 5.41) is 11.1. The van der Waals surface area contributed by atoms with Gasteiger partial charge in [0.25, 0.3) is 0 Å². The van der Waals surface area contributed by atoms with E-state index in [-0.39, 0.29) is 6.04 Å². The van der Waals surface area contributed by atoms with Crippen molar-refractivity contribution >= 4 is 17.5 Å². The van der Waals surface area contributed by atoms with Crippen molar-refractivity contribution in [2.45, 2.75) is 33.2 Å². The first-order chi connectivity index (χ1) is 6.67. The van der Waals surface area contributed by atoms with E-state index in [2.05, 4.69) is 27.4 Å². The summed E-state index contributed by atoms with van der Waals surface area (Å²) in [5.41, 5.74) is 1.75. The van der Waals surface area contributed by atoms with E-state index in [9.17, 15) is 0 Å². The maximum Gasteiger partial charge on any atom is 0.243 e. The fourth-order valence-electron chi connectivity index (χ4n) is 0.950. The van der Waals surface area contributed by atoms with Gasteiger partial charge in [-0.25, -0.2) is 4.98 Å². The highest BCUT2D eigenvalue weighted by atomic mass is 35.5. The average molecular weight is 215 g/mol. The number of alkyl halides is 1. The zero-order chi connectivity index (χ0) is 10.6. The van der Waals surface area contributed by atoms with Crippen molar-refractivity contribution in [1.82, 2.24) is 15.2 Å². The zero-order valence-corrected chi connectivity index (χ0v) is 9.47. The normalized spacial score (nSPS) is 12.6. The molecule has 0 bridgehead atoms. The van der Waals surface area contributed by atoms with Gasteiger partial charge in [0.2, 0.25) is 5.95 Å². The topological polar surface area (TPSA) is 50.7 Å². The van der Waals surface area contributed by atoms with Gasteiger partial charge in [0, 0.05) is 11.9 Å². The lowest BCUT2D eigenvalue weighted by atomic mass is 10.3. The van der Waals surface area contributed by atoms with Crippen LogP contribution < -0.4 is 5.32 Å². The molecule has 0 fully saturated rings. The molecule has 14 heavy (non-hydrogen) atoms. The Morgan fingerprint density at radius 3 is 2.50 bits per heavy atom. The summed E-state index contributed by atoms with van der Waals surface area (Å²) in [7, 11) is 0. The summed E-state index contributed by atoms with van der Waals surface area (Å²) >= 11 is 5.75. The standard InChI is InChI=1S/C9H15ClN4/c1-4-8(5-10)12-9-11-6(2)7(3)13-14-9/h8H,4-5H2,1-3H3,(H,11,12,14). The van der Waals surface area contributed by atoms with Gasteiger partial charge >= 0.3 is 0 Å². The molecule has 1 aromatic heterocycles. The lowest BCUT2D eigenvalue weighted by Crippen LogP contribution is -2.22. The van der Waals surface area contributed by atoms with Crippen molar-refractivity contribution < 1.29 is 0 Å². The Morgan fingerprint density at radius 2 is 2.00 bits per heavy atom. The van der Waals surface area contributed by atoms with E-state index in [0.29, 0.717) is 11.8 Å². The molecule has 1 atom stereocenters. The molecule has 0 aromatic carbocycles. The monoisotopic (exact) mass is 214 g/mol. The SMILES string of the molecule is CCC(CCl)Nc1nnc(C)c(C)n1. The van der Waals surface area contributed by atoms with Crippen LogP contribution in [0.2, 0.25) is 0 Å². The molecule has 0 radical (unpaired) electrons. The zero-order valence-electron chi connectivity index (χ0n) is 8.71. The predicted molar refractivity (Wildman–Crippen MR) is 57.7 cm³/mol. The van der Waals surface area contributed by atoms with Crippen molar-refractivity contribution in [2.24, 2.45) is 0 Å². The Morgan fingerprint density at radius 1 is 1.29 bits per heavy atom. The minimum Gasteiger partial charge on any atom is -0.349 e. The molecular formula is C9H15ClN4. The van der Waals surface area contributed by atoms with Gasteiger partial charge in [0.15, 0.2) is 0 Å². The van der Waals surface area contributed by atoms with Gasteiger partial charge in [0.1, 0.15) is 0 Å². The number of rotatable bonds is 4. The molecule has 1 N–H and O–H groups in total. The highest BCUT2D eigenvalue weighted by Crippen LogP contribution is 2.06. The summed E-state index contributed by atoms with van der Waals surface area (Å²) in [4.78, 5) is 4.27. The second kappa shape index (κ2) is 5.10. The largest absolute Gasteiger partial charge is 0.349 e. The quantitative estimate of drug-likeness (QED) is 0.779. The summed E-state index contributed by atoms with van der Waals surface area (Å²) in [6, 6.07) is 0.209. The minimum atomic E-state index is 0.209. The van der Waals surface area contributed by atoms with Crippen molar-refractivity contribution in [3.05, 3.63) is 11.4 Å². The van der Waals surface area contributed by atoms with Gasteiger partial charge in [0.05, 0.1) is 11.4 Å². The van der Waals surface area contributed by atoms with E-state index in [1.807, 2.05) is 13.8 Å². The summed E-state index contributed by atoms with van der Waals surface area (Å²) < 4.78 is 0. The number of aromatic nitrogens is 3. The Kier molecular flexibility index (Phi) is 4.07. The van der Waals surface area contributed by atoms with Crippen LogP contribution >= 0.6 is 11.6 Å². The number of hydrogen-bond donors (Lipinski definition) is 1. The molecule has 0 aliphatic carbocycles. The molecule has 1 unspecified atom stereocenters. The summed E-state index contributed by atoms with van der Waals surface area (Å²) in [6.45, 7) is 5.86. The highest BCUT2D eigenvalue weighted by molar-refractivity contribution is 6.18. The van der Waals surface area contributed by atoms with Crippen LogP contribution in [0.1, 0.15) is 24.7 Å². The number of anilines is 1. The fourth-order valence-corrected chi connectivity index (χ4v) is 1.25. The first kappa shape index (κ1) is 11.2. The molecule has 0 saturated heterocycles. The van der Waals surface area contributed by atoms with Crippen LogP contribution in [0, 0.1) is 13.8 Å². The smallest absolute Gasteiger partial charge is 0.243 e. The summed E-state index contributed by atoms with van der Waals surface area (Å²) in [5.74, 6) is 1.10. The van der Waals surface area contributed by atoms with Crippen LogP contribution in [0.3, 0.4) is 0 Å². The Bertz CT molecular complexity index is 299. The maximum atomic E-state index is 5.75. The molecule has 0 aliphatic heterocycles. The van der Waals surface area contributed by atoms with E-state index in [4.69, 9.17) is 11.6 Å². The molecule has 1 rings (SSSR count). The van der Waals surface area contributed by atoms with Crippen molar-refractivity contribution in [2.75, 3.05) is 11.2 Å². The van der Waals surface area contributed by atoms with E-state index in [1.54, 1.807) is 0 Å². The van der Waals surface area contributed by atoms with Gasteiger partial charge < -0.3 is 5.32 Å². The van der Waals surface area contributed by atoms with Gasteiger partial charge in [-0.1, -0.05) is 6.92 Å². The maximum absolute atomic E-state index is 5.75. The van der Waals surface area contributed by atoms with Crippen LogP contribution in [-0.2, 0) is 0 Å². The molecule has 0 amide bonds. The van der Waals surface area contributed by atoms with E-state index in [1.165, 1.54) is 0 Å². The molecule has 4 nitrogen and oxygen atoms in total. The molecule has 5 heteroatoms. The van der Waals surface area contributed by atoms with Crippen LogP contribution in [0.4, 0.5) is 5.95 Å². The molecule has 0 aliphatic rings. The second-order valence-corrected chi connectivity index (χ2v) is 3.52. The predicted octanol–water partition coefficient (Wildman–Crippen LogP) is 1.92. The van der Waals surface area contributed by atoms with Gasteiger partial charge in [-0.2, -0.15) is 5.10 Å². The van der Waals surface area contributed by atoms with E-state index >= 15 is 0 Å². The van der Waals surface area contributed by atoms with Gasteiger partial charge in [-0.15, -0.1) is 16.7 Å². The van der Waals surface area contributed by atoms with Crippen molar-refractivity contribution in [3.8, 4) is 0 Å². The third-order valence-electron chi connectivity index (χ3n) is 2.10. The number of hydrogen-bond acceptors (Lipinski definition) is 4.